The molecule has 3 atom stereocenters. The number of anilines is 1. The van der Waals surface area contributed by atoms with Crippen LogP contribution in [0.2, 0.25) is 0 Å². The second-order valence-corrected chi connectivity index (χ2v) is 6.98. The lowest BCUT2D eigenvalue weighted by atomic mass is 9.88. The largest absolute Gasteiger partial charge is 0.385 e. The van der Waals surface area contributed by atoms with E-state index in [1.165, 1.54) is 42.5 Å². The van der Waals surface area contributed by atoms with Gasteiger partial charge in [-0.15, -0.1) is 0 Å². The average molecular weight is 284 g/mol. The number of aryl methyl sites for hydroxylation is 1. The summed E-state index contributed by atoms with van der Waals surface area (Å²) in [4.78, 5) is 12.4. The zero-order chi connectivity index (χ0) is 14.2. The maximum Gasteiger partial charge on any atom is 0.223 e. The van der Waals surface area contributed by atoms with E-state index in [0.717, 1.165) is 25.3 Å². The smallest absolute Gasteiger partial charge is 0.223 e. The summed E-state index contributed by atoms with van der Waals surface area (Å²) < 4.78 is 0. The summed E-state index contributed by atoms with van der Waals surface area (Å²) >= 11 is 0. The van der Waals surface area contributed by atoms with E-state index < -0.39 is 0 Å². The first kappa shape index (κ1) is 13.2. The number of benzene rings is 1. The zero-order valence-corrected chi connectivity index (χ0v) is 12.5. The van der Waals surface area contributed by atoms with Crippen LogP contribution < -0.4 is 10.6 Å². The normalized spacial score (nSPS) is 29.8. The summed E-state index contributed by atoms with van der Waals surface area (Å²) in [5.74, 6) is 2.07. The molecule has 4 rings (SSSR count). The van der Waals surface area contributed by atoms with Crippen LogP contribution in [0.5, 0.6) is 0 Å². The van der Waals surface area contributed by atoms with Crippen molar-refractivity contribution in [2.45, 2.75) is 45.1 Å². The molecule has 1 amide bonds. The fourth-order valence-corrected chi connectivity index (χ4v) is 4.61. The van der Waals surface area contributed by atoms with Crippen LogP contribution in [0, 0.1) is 17.8 Å². The first-order valence-electron chi connectivity index (χ1n) is 8.43. The first-order chi connectivity index (χ1) is 10.3. The Morgan fingerprint density at radius 2 is 2.24 bits per heavy atom. The van der Waals surface area contributed by atoms with E-state index in [2.05, 4.69) is 28.8 Å². The summed E-state index contributed by atoms with van der Waals surface area (Å²) in [6.07, 6.45) is 7.39. The molecule has 2 bridgehead atoms. The molecule has 1 aromatic carbocycles. The van der Waals surface area contributed by atoms with Crippen molar-refractivity contribution >= 4 is 11.6 Å². The fraction of sp³-hybridized carbons (Fsp3) is 0.611. The number of fused-ring (bicyclic) bond motifs is 3. The highest BCUT2D eigenvalue weighted by molar-refractivity contribution is 5.79. The van der Waals surface area contributed by atoms with Crippen molar-refractivity contribution < 1.29 is 4.79 Å². The molecule has 3 heteroatoms. The highest BCUT2D eigenvalue weighted by Crippen LogP contribution is 2.48. The maximum absolute atomic E-state index is 12.4. The Balaban J connectivity index is 1.42. The number of hydrogen-bond donors (Lipinski definition) is 2. The van der Waals surface area contributed by atoms with Gasteiger partial charge >= 0.3 is 0 Å². The van der Waals surface area contributed by atoms with E-state index in [1.807, 2.05) is 0 Å². The Labute approximate surface area is 126 Å². The van der Waals surface area contributed by atoms with E-state index in [0.29, 0.717) is 12.5 Å². The topological polar surface area (TPSA) is 41.1 Å². The molecule has 1 heterocycles. The molecule has 0 saturated heterocycles. The molecule has 1 aliphatic heterocycles. The van der Waals surface area contributed by atoms with Crippen molar-refractivity contribution in [1.82, 2.24) is 5.32 Å². The van der Waals surface area contributed by atoms with Gasteiger partial charge in [0, 0.05) is 24.7 Å². The second-order valence-electron chi connectivity index (χ2n) is 6.98. The predicted octanol–water partition coefficient (Wildman–Crippen LogP) is 3.10. The molecule has 2 N–H and O–H groups in total. The first-order valence-corrected chi connectivity index (χ1v) is 8.43. The fourth-order valence-electron chi connectivity index (χ4n) is 4.61. The maximum atomic E-state index is 12.4. The summed E-state index contributed by atoms with van der Waals surface area (Å²) in [5.41, 5.74) is 3.90. The van der Waals surface area contributed by atoms with Gasteiger partial charge in [-0.25, -0.2) is 0 Å². The minimum atomic E-state index is 0.288. The molecule has 3 aliphatic rings. The lowest BCUT2D eigenvalue weighted by molar-refractivity contribution is -0.126. The van der Waals surface area contributed by atoms with Crippen molar-refractivity contribution in [3.05, 3.63) is 29.3 Å². The number of carbonyl (C=O) groups excluding carboxylic acids is 1. The molecular weight excluding hydrogens is 260 g/mol. The molecule has 0 spiro atoms. The van der Waals surface area contributed by atoms with Crippen molar-refractivity contribution in [2.75, 3.05) is 11.9 Å². The third-order valence-corrected chi connectivity index (χ3v) is 5.69. The van der Waals surface area contributed by atoms with Gasteiger partial charge < -0.3 is 10.6 Å². The Bertz CT molecular complexity index is 554. The van der Waals surface area contributed by atoms with E-state index in [1.54, 1.807) is 0 Å². The SMILES string of the molecule is O=C(NCc1cccc2c1NCCC2)C1CC2CCC1C2. The Morgan fingerprint density at radius 1 is 1.29 bits per heavy atom. The van der Waals surface area contributed by atoms with Gasteiger partial charge in [0.05, 0.1) is 0 Å². The van der Waals surface area contributed by atoms with Crippen LogP contribution in [-0.4, -0.2) is 12.5 Å². The summed E-state index contributed by atoms with van der Waals surface area (Å²) in [6, 6.07) is 6.45. The average Bonchev–Trinajstić information content (AvgIpc) is 3.15. The number of para-hydroxylation sites is 1. The van der Waals surface area contributed by atoms with Crippen molar-refractivity contribution in [1.29, 1.82) is 0 Å². The standard InChI is InChI=1S/C18H24N2O/c21-18(16-10-12-6-7-14(16)9-12)20-11-15-4-1-3-13-5-2-8-19-17(13)15/h1,3-4,12,14,16,19H,2,5-11H2,(H,20,21). The minimum Gasteiger partial charge on any atom is -0.385 e. The van der Waals surface area contributed by atoms with Gasteiger partial charge in [-0.1, -0.05) is 24.6 Å². The van der Waals surface area contributed by atoms with Crippen LogP contribution in [0.25, 0.3) is 0 Å². The molecule has 3 unspecified atom stereocenters. The van der Waals surface area contributed by atoms with E-state index in [9.17, 15) is 4.79 Å². The third-order valence-electron chi connectivity index (χ3n) is 5.69. The predicted molar refractivity (Wildman–Crippen MR) is 84.0 cm³/mol. The lowest BCUT2D eigenvalue weighted by Gasteiger charge is -2.23. The van der Waals surface area contributed by atoms with Crippen LogP contribution >= 0.6 is 0 Å². The van der Waals surface area contributed by atoms with Crippen LogP contribution in [0.3, 0.4) is 0 Å². The lowest BCUT2D eigenvalue weighted by Crippen LogP contribution is -2.33. The van der Waals surface area contributed by atoms with E-state index in [4.69, 9.17) is 0 Å². The van der Waals surface area contributed by atoms with Gasteiger partial charge in [0.15, 0.2) is 0 Å². The number of rotatable bonds is 3. The quantitative estimate of drug-likeness (QED) is 0.895. The summed E-state index contributed by atoms with van der Waals surface area (Å²) in [7, 11) is 0. The zero-order valence-electron chi connectivity index (χ0n) is 12.5. The summed E-state index contributed by atoms with van der Waals surface area (Å²) in [5, 5.41) is 6.70. The molecule has 2 saturated carbocycles. The van der Waals surface area contributed by atoms with Crippen LogP contribution in [0.15, 0.2) is 18.2 Å². The Kier molecular flexibility index (Phi) is 3.36. The van der Waals surface area contributed by atoms with Crippen LogP contribution in [0.4, 0.5) is 5.69 Å². The van der Waals surface area contributed by atoms with Gasteiger partial charge in [0.1, 0.15) is 0 Å². The van der Waals surface area contributed by atoms with Gasteiger partial charge in [0.25, 0.3) is 0 Å². The number of hydrogen-bond acceptors (Lipinski definition) is 2. The minimum absolute atomic E-state index is 0.288. The van der Waals surface area contributed by atoms with Gasteiger partial charge in [-0.2, -0.15) is 0 Å². The van der Waals surface area contributed by atoms with Crippen LogP contribution in [-0.2, 0) is 17.8 Å². The number of carbonyl (C=O) groups is 1. The van der Waals surface area contributed by atoms with Crippen LogP contribution in [0.1, 0.15) is 43.2 Å². The summed E-state index contributed by atoms with van der Waals surface area (Å²) in [6.45, 7) is 1.72. The Hall–Kier alpha value is -1.51. The molecular formula is C18H24N2O. The van der Waals surface area contributed by atoms with E-state index in [-0.39, 0.29) is 11.8 Å². The molecule has 3 nitrogen and oxygen atoms in total. The van der Waals surface area contributed by atoms with Gasteiger partial charge in [-0.05, 0) is 55.1 Å². The second kappa shape index (κ2) is 5.36. The molecule has 21 heavy (non-hydrogen) atoms. The highest BCUT2D eigenvalue weighted by atomic mass is 16.1. The highest BCUT2D eigenvalue weighted by Gasteiger charge is 2.42. The third kappa shape index (κ3) is 2.43. The Morgan fingerprint density at radius 3 is 3.05 bits per heavy atom. The molecule has 112 valence electrons. The molecule has 0 aromatic heterocycles. The molecule has 1 aromatic rings. The molecule has 2 fully saturated rings. The molecule has 2 aliphatic carbocycles. The van der Waals surface area contributed by atoms with Crippen molar-refractivity contribution in [3.63, 3.8) is 0 Å². The van der Waals surface area contributed by atoms with Crippen molar-refractivity contribution in [3.8, 4) is 0 Å². The monoisotopic (exact) mass is 284 g/mol. The van der Waals surface area contributed by atoms with Crippen molar-refractivity contribution in [2.24, 2.45) is 17.8 Å². The van der Waals surface area contributed by atoms with E-state index >= 15 is 0 Å². The molecule has 0 radical (unpaired) electrons. The van der Waals surface area contributed by atoms with Gasteiger partial charge in [0.2, 0.25) is 5.91 Å². The number of amides is 1. The van der Waals surface area contributed by atoms with Gasteiger partial charge in [-0.3, -0.25) is 4.79 Å². The number of nitrogens with one attached hydrogen (secondary N) is 2.